The van der Waals surface area contributed by atoms with Gasteiger partial charge in [0.1, 0.15) is 5.82 Å². The third-order valence-electron chi connectivity index (χ3n) is 3.04. The maximum atomic E-state index is 5.54. The molecule has 0 spiro atoms. The zero-order chi connectivity index (χ0) is 11.0. The Balaban J connectivity index is 1.88. The van der Waals surface area contributed by atoms with E-state index in [0.717, 1.165) is 17.2 Å². The maximum Gasteiger partial charge on any atom is 0.153 e. The van der Waals surface area contributed by atoms with Crippen LogP contribution in [0.25, 0.3) is 5.65 Å². The molecular formula is C11H15N5. The summed E-state index contributed by atoms with van der Waals surface area (Å²) in [4.78, 5) is 4.33. The lowest BCUT2D eigenvalue weighted by Gasteiger charge is -2.26. The molecule has 0 unspecified atom stereocenters. The molecule has 5 nitrogen and oxygen atoms in total. The lowest BCUT2D eigenvalue weighted by Crippen LogP contribution is -2.27. The fourth-order valence-electron chi connectivity index (χ4n) is 1.87. The van der Waals surface area contributed by atoms with Crippen molar-refractivity contribution < 1.29 is 0 Å². The molecule has 2 heterocycles. The van der Waals surface area contributed by atoms with Crippen molar-refractivity contribution >= 4 is 11.5 Å². The highest BCUT2D eigenvalue weighted by Crippen LogP contribution is 2.22. The Bertz CT molecular complexity index is 500. The minimum atomic E-state index is 0.453. The van der Waals surface area contributed by atoms with E-state index in [2.05, 4.69) is 15.4 Å². The summed E-state index contributed by atoms with van der Waals surface area (Å²) in [6.07, 6.45) is 5.69. The molecule has 3 rings (SSSR count). The number of aromatic nitrogens is 3. The molecule has 0 radical (unpaired) electrons. The molecule has 0 bridgehead atoms. The van der Waals surface area contributed by atoms with Crippen LogP contribution in [0.5, 0.6) is 0 Å². The fraction of sp³-hybridized carbons (Fsp3) is 0.455. The standard InChI is InChI=1S/C11H15N5/c12-6-9-7-16-11(14-9)5-4-10(15-16)13-8-2-1-3-8/h4-5,7-8H,1-3,6,12H2,(H,13,15). The second-order valence-electron chi connectivity index (χ2n) is 4.23. The Labute approximate surface area is 93.7 Å². The summed E-state index contributed by atoms with van der Waals surface area (Å²) in [6.45, 7) is 0.453. The Morgan fingerprint density at radius 2 is 2.31 bits per heavy atom. The van der Waals surface area contributed by atoms with Crippen LogP contribution in [0.1, 0.15) is 25.0 Å². The van der Waals surface area contributed by atoms with Gasteiger partial charge in [0.15, 0.2) is 5.65 Å². The summed E-state index contributed by atoms with van der Waals surface area (Å²) in [6, 6.07) is 4.54. The molecule has 1 aliphatic rings. The number of anilines is 1. The maximum absolute atomic E-state index is 5.54. The van der Waals surface area contributed by atoms with Gasteiger partial charge in [-0.05, 0) is 31.4 Å². The van der Waals surface area contributed by atoms with Crippen molar-refractivity contribution in [2.75, 3.05) is 5.32 Å². The zero-order valence-corrected chi connectivity index (χ0v) is 9.06. The molecule has 0 saturated heterocycles. The first-order chi connectivity index (χ1) is 7.85. The van der Waals surface area contributed by atoms with E-state index in [1.54, 1.807) is 4.52 Å². The van der Waals surface area contributed by atoms with Crippen molar-refractivity contribution in [2.45, 2.75) is 31.8 Å². The number of rotatable bonds is 3. The van der Waals surface area contributed by atoms with Crippen molar-refractivity contribution in [3.63, 3.8) is 0 Å². The first-order valence-electron chi connectivity index (χ1n) is 5.67. The van der Waals surface area contributed by atoms with Gasteiger partial charge in [-0.3, -0.25) is 0 Å². The average molecular weight is 217 g/mol. The molecular weight excluding hydrogens is 202 g/mol. The summed E-state index contributed by atoms with van der Waals surface area (Å²) in [5, 5.41) is 7.86. The van der Waals surface area contributed by atoms with E-state index < -0.39 is 0 Å². The van der Waals surface area contributed by atoms with E-state index in [0.29, 0.717) is 12.6 Å². The zero-order valence-electron chi connectivity index (χ0n) is 9.06. The smallest absolute Gasteiger partial charge is 0.153 e. The van der Waals surface area contributed by atoms with Crippen molar-refractivity contribution in [3.8, 4) is 0 Å². The van der Waals surface area contributed by atoms with E-state index in [1.165, 1.54) is 19.3 Å². The largest absolute Gasteiger partial charge is 0.366 e. The predicted molar refractivity (Wildman–Crippen MR) is 62.1 cm³/mol. The Morgan fingerprint density at radius 3 is 3.00 bits per heavy atom. The van der Waals surface area contributed by atoms with Gasteiger partial charge >= 0.3 is 0 Å². The molecule has 1 fully saturated rings. The van der Waals surface area contributed by atoms with Crippen LogP contribution in [0, 0.1) is 0 Å². The van der Waals surface area contributed by atoms with Gasteiger partial charge in [-0.25, -0.2) is 9.50 Å². The van der Waals surface area contributed by atoms with Gasteiger partial charge in [-0.1, -0.05) is 0 Å². The Kier molecular flexibility index (Phi) is 2.25. The topological polar surface area (TPSA) is 68.2 Å². The van der Waals surface area contributed by atoms with Crippen LogP contribution in [0.2, 0.25) is 0 Å². The van der Waals surface area contributed by atoms with Crippen molar-refractivity contribution in [1.29, 1.82) is 0 Å². The molecule has 16 heavy (non-hydrogen) atoms. The molecule has 1 aliphatic carbocycles. The molecule has 1 saturated carbocycles. The predicted octanol–water partition coefficient (Wildman–Crippen LogP) is 1.15. The van der Waals surface area contributed by atoms with Gasteiger partial charge in [0.2, 0.25) is 0 Å². The molecule has 2 aromatic rings. The number of hydrogen-bond donors (Lipinski definition) is 2. The summed E-state index contributed by atoms with van der Waals surface area (Å²) in [7, 11) is 0. The second-order valence-corrected chi connectivity index (χ2v) is 4.23. The molecule has 2 aromatic heterocycles. The van der Waals surface area contributed by atoms with E-state index in [-0.39, 0.29) is 0 Å². The van der Waals surface area contributed by atoms with Crippen LogP contribution in [-0.2, 0) is 6.54 Å². The SMILES string of the molecule is NCc1cn2nc(NC3CCC3)ccc2n1. The van der Waals surface area contributed by atoms with Crippen LogP contribution in [-0.4, -0.2) is 20.6 Å². The summed E-state index contributed by atoms with van der Waals surface area (Å²) < 4.78 is 1.78. The number of nitrogens with two attached hydrogens (primary N) is 1. The third kappa shape index (κ3) is 1.63. The van der Waals surface area contributed by atoms with Crippen molar-refractivity contribution in [3.05, 3.63) is 24.0 Å². The molecule has 0 atom stereocenters. The highest BCUT2D eigenvalue weighted by Gasteiger charge is 2.17. The third-order valence-corrected chi connectivity index (χ3v) is 3.04. The monoisotopic (exact) mass is 217 g/mol. The number of nitrogens with one attached hydrogen (secondary N) is 1. The molecule has 3 N–H and O–H groups in total. The Hall–Kier alpha value is -1.62. The highest BCUT2D eigenvalue weighted by atomic mass is 15.3. The van der Waals surface area contributed by atoms with Gasteiger partial charge in [0.25, 0.3) is 0 Å². The van der Waals surface area contributed by atoms with Crippen LogP contribution in [0.3, 0.4) is 0 Å². The average Bonchev–Trinajstić information content (AvgIpc) is 2.65. The lowest BCUT2D eigenvalue weighted by molar-refractivity contribution is 0.444. The van der Waals surface area contributed by atoms with Gasteiger partial charge in [0.05, 0.1) is 11.9 Å². The van der Waals surface area contributed by atoms with E-state index in [9.17, 15) is 0 Å². The molecule has 84 valence electrons. The van der Waals surface area contributed by atoms with Crippen molar-refractivity contribution in [2.24, 2.45) is 5.73 Å². The molecule has 0 aliphatic heterocycles. The second kappa shape index (κ2) is 3.75. The van der Waals surface area contributed by atoms with E-state index >= 15 is 0 Å². The van der Waals surface area contributed by atoms with Gasteiger partial charge in [-0.15, -0.1) is 5.10 Å². The Morgan fingerprint density at radius 1 is 1.44 bits per heavy atom. The first-order valence-corrected chi connectivity index (χ1v) is 5.67. The summed E-state index contributed by atoms with van der Waals surface area (Å²) in [5.74, 6) is 0.915. The lowest BCUT2D eigenvalue weighted by atomic mass is 9.93. The van der Waals surface area contributed by atoms with Crippen LogP contribution >= 0.6 is 0 Å². The number of hydrogen-bond acceptors (Lipinski definition) is 4. The summed E-state index contributed by atoms with van der Waals surface area (Å²) >= 11 is 0. The van der Waals surface area contributed by atoms with E-state index in [1.807, 2.05) is 18.3 Å². The minimum Gasteiger partial charge on any atom is -0.366 e. The highest BCUT2D eigenvalue weighted by molar-refractivity contribution is 5.45. The number of imidazole rings is 1. The first kappa shape index (κ1) is 9.59. The normalized spacial score (nSPS) is 16.3. The van der Waals surface area contributed by atoms with Gasteiger partial charge < -0.3 is 11.1 Å². The summed E-state index contributed by atoms with van der Waals surface area (Å²) in [5.41, 5.74) is 7.26. The fourth-order valence-corrected chi connectivity index (χ4v) is 1.87. The minimum absolute atomic E-state index is 0.453. The molecule has 0 amide bonds. The van der Waals surface area contributed by atoms with Gasteiger partial charge in [0, 0.05) is 12.6 Å². The number of nitrogens with zero attached hydrogens (tertiary/aromatic N) is 3. The quantitative estimate of drug-likeness (QED) is 0.809. The number of fused-ring (bicyclic) bond motifs is 1. The van der Waals surface area contributed by atoms with Crippen molar-refractivity contribution in [1.82, 2.24) is 14.6 Å². The molecule has 5 heteroatoms. The van der Waals surface area contributed by atoms with Crippen LogP contribution in [0.4, 0.5) is 5.82 Å². The van der Waals surface area contributed by atoms with Gasteiger partial charge in [-0.2, -0.15) is 0 Å². The van der Waals surface area contributed by atoms with E-state index in [4.69, 9.17) is 5.73 Å². The van der Waals surface area contributed by atoms with Crippen LogP contribution < -0.4 is 11.1 Å². The van der Waals surface area contributed by atoms with Crippen LogP contribution in [0.15, 0.2) is 18.3 Å². The molecule has 0 aromatic carbocycles.